The van der Waals surface area contributed by atoms with E-state index in [4.69, 9.17) is 0 Å². The molecule has 0 aliphatic heterocycles. The first-order valence-electron chi connectivity index (χ1n) is 5.84. The molecule has 1 atom stereocenters. The molecule has 0 aromatic carbocycles. The molecular weight excluding hydrogens is 247 g/mol. The molecule has 1 heterocycles. The summed E-state index contributed by atoms with van der Waals surface area (Å²) in [4.78, 5) is 1.22. The van der Waals surface area contributed by atoms with E-state index in [1.807, 2.05) is 24.4 Å². The molecule has 5 heteroatoms. The van der Waals surface area contributed by atoms with E-state index >= 15 is 0 Å². The molecule has 17 heavy (non-hydrogen) atoms. The normalized spacial score (nSPS) is 13.9. The maximum absolute atomic E-state index is 12.1. The number of hydrogen-bond donors (Lipinski definition) is 1. The highest BCUT2D eigenvalue weighted by atomic mass is 32.1. The molecule has 98 valence electrons. The molecule has 0 spiro atoms. The van der Waals surface area contributed by atoms with Crippen molar-refractivity contribution in [2.45, 2.75) is 44.8 Å². The summed E-state index contributed by atoms with van der Waals surface area (Å²) in [5.41, 5.74) is 0. The average Bonchev–Trinajstić information content (AvgIpc) is 2.68. The van der Waals surface area contributed by atoms with Crippen molar-refractivity contribution in [1.29, 1.82) is 0 Å². The van der Waals surface area contributed by atoms with Gasteiger partial charge in [-0.1, -0.05) is 13.0 Å². The molecule has 0 aliphatic carbocycles. The van der Waals surface area contributed by atoms with Gasteiger partial charge in [0.15, 0.2) is 0 Å². The first kappa shape index (κ1) is 14.5. The lowest BCUT2D eigenvalue weighted by atomic mass is 10.1. The minimum absolute atomic E-state index is 0.154. The molecule has 1 aromatic rings. The molecule has 0 aliphatic rings. The van der Waals surface area contributed by atoms with Crippen LogP contribution in [0, 0.1) is 0 Å². The van der Waals surface area contributed by atoms with Crippen LogP contribution in [0.4, 0.5) is 13.2 Å². The van der Waals surface area contributed by atoms with Crippen LogP contribution < -0.4 is 5.32 Å². The molecule has 0 fully saturated rings. The highest BCUT2D eigenvalue weighted by Crippen LogP contribution is 2.23. The highest BCUT2D eigenvalue weighted by Gasteiger charge is 2.26. The van der Waals surface area contributed by atoms with Crippen LogP contribution in [0.1, 0.15) is 31.1 Å². The van der Waals surface area contributed by atoms with Crippen LogP contribution in [0.3, 0.4) is 0 Å². The van der Waals surface area contributed by atoms with Gasteiger partial charge in [-0.25, -0.2) is 0 Å². The Kier molecular flexibility index (Phi) is 5.98. The second kappa shape index (κ2) is 7.01. The maximum atomic E-state index is 12.1. The van der Waals surface area contributed by atoms with E-state index in [2.05, 4.69) is 5.32 Å². The smallest absolute Gasteiger partial charge is 0.314 e. The van der Waals surface area contributed by atoms with Crippen molar-refractivity contribution in [3.05, 3.63) is 22.4 Å². The van der Waals surface area contributed by atoms with Gasteiger partial charge in [0.1, 0.15) is 0 Å². The summed E-state index contributed by atoms with van der Waals surface area (Å²) in [7, 11) is 0. The zero-order valence-electron chi connectivity index (χ0n) is 9.89. The summed E-state index contributed by atoms with van der Waals surface area (Å²) < 4.78 is 36.2. The van der Waals surface area contributed by atoms with Gasteiger partial charge in [0.05, 0.1) is 0 Å². The molecular formula is C12H18F3NS. The van der Waals surface area contributed by atoms with Crippen LogP contribution in [0.2, 0.25) is 0 Å². The Balaban J connectivity index is 2.33. The van der Waals surface area contributed by atoms with Gasteiger partial charge < -0.3 is 5.32 Å². The van der Waals surface area contributed by atoms with Crippen LogP contribution in [0.25, 0.3) is 0 Å². The minimum Gasteiger partial charge on any atom is -0.314 e. The Bertz CT molecular complexity index is 295. The predicted molar refractivity (Wildman–Crippen MR) is 65.4 cm³/mol. The molecule has 0 amide bonds. The number of alkyl halides is 3. The second-order valence-corrected chi connectivity index (χ2v) is 5.08. The summed E-state index contributed by atoms with van der Waals surface area (Å²) in [6.45, 7) is 2.77. The Morgan fingerprint density at radius 2 is 2.18 bits per heavy atom. The van der Waals surface area contributed by atoms with E-state index in [0.717, 1.165) is 13.0 Å². The number of likely N-dealkylation sites (N-methyl/N-ethyl adjacent to an activating group) is 1. The standard InChI is InChI=1S/C12H18F3NS/c1-2-16-10(5-3-7-12(13,14)15)9-11-6-4-8-17-11/h4,6,8,10,16H,2-3,5,7,9H2,1H3. The molecule has 1 aromatic heterocycles. The lowest BCUT2D eigenvalue weighted by molar-refractivity contribution is -0.135. The molecule has 0 bridgehead atoms. The van der Waals surface area contributed by atoms with Crippen LogP contribution in [-0.4, -0.2) is 18.8 Å². The predicted octanol–water partition coefficient (Wildman–Crippen LogP) is 4.00. The molecule has 0 saturated carbocycles. The van der Waals surface area contributed by atoms with Crippen molar-refractivity contribution < 1.29 is 13.2 Å². The lowest BCUT2D eigenvalue weighted by Crippen LogP contribution is -2.31. The third-order valence-corrected chi connectivity index (χ3v) is 3.43. The van der Waals surface area contributed by atoms with Crippen LogP contribution in [0.15, 0.2) is 17.5 Å². The van der Waals surface area contributed by atoms with Crippen molar-refractivity contribution in [2.24, 2.45) is 0 Å². The van der Waals surface area contributed by atoms with E-state index in [1.165, 1.54) is 4.88 Å². The molecule has 1 N–H and O–H groups in total. The van der Waals surface area contributed by atoms with Crippen molar-refractivity contribution in [3.63, 3.8) is 0 Å². The van der Waals surface area contributed by atoms with Crippen molar-refractivity contribution in [3.8, 4) is 0 Å². The highest BCUT2D eigenvalue weighted by molar-refractivity contribution is 7.09. The average molecular weight is 265 g/mol. The van der Waals surface area contributed by atoms with Crippen LogP contribution in [-0.2, 0) is 6.42 Å². The third kappa shape index (κ3) is 6.68. The first-order chi connectivity index (χ1) is 8.01. The minimum atomic E-state index is -4.03. The van der Waals surface area contributed by atoms with Crippen molar-refractivity contribution in [1.82, 2.24) is 5.32 Å². The zero-order chi connectivity index (χ0) is 12.7. The van der Waals surface area contributed by atoms with Gasteiger partial charge in [-0.05, 0) is 37.3 Å². The zero-order valence-corrected chi connectivity index (χ0v) is 10.7. The van der Waals surface area contributed by atoms with Gasteiger partial charge in [0.2, 0.25) is 0 Å². The summed E-state index contributed by atoms with van der Waals surface area (Å²) in [5, 5.41) is 5.24. The van der Waals surface area contributed by atoms with Gasteiger partial charge in [0, 0.05) is 17.3 Å². The number of nitrogens with one attached hydrogen (secondary N) is 1. The molecule has 0 radical (unpaired) electrons. The van der Waals surface area contributed by atoms with Gasteiger partial charge in [-0.2, -0.15) is 13.2 Å². The quantitative estimate of drug-likeness (QED) is 0.785. The van der Waals surface area contributed by atoms with Crippen LogP contribution >= 0.6 is 11.3 Å². The van der Waals surface area contributed by atoms with E-state index in [1.54, 1.807) is 11.3 Å². The van der Waals surface area contributed by atoms with Gasteiger partial charge in [-0.15, -0.1) is 11.3 Å². The molecule has 1 rings (SSSR count). The SMILES string of the molecule is CCNC(CCCC(F)(F)F)Cc1cccs1. The van der Waals surface area contributed by atoms with E-state index in [9.17, 15) is 13.2 Å². The monoisotopic (exact) mass is 265 g/mol. The topological polar surface area (TPSA) is 12.0 Å². The Hall–Kier alpha value is -0.550. The van der Waals surface area contributed by atoms with Crippen molar-refractivity contribution in [2.75, 3.05) is 6.54 Å². The largest absolute Gasteiger partial charge is 0.389 e. The number of rotatable bonds is 7. The van der Waals surface area contributed by atoms with E-state index < -0.39 is 12.6 Å². The summed E-state index contributed by atoms with van der Waals surface area (Å²) >= 11 is 1.65. The maximum Gasteiger partial charge on any atom is 0.389 e. The van der Waals surface area contributed by atoms with Crippen LogP contribution in [0.5, 0.6) is 0 Å². The fourth-order valence-electron chi connectivity index (χ4n) is 1.79. The lowest BCUT2D eigenvalue weighted by Gasteiger charge is -2.17. The van der Waals surface area contributed by atoms with E-state index in [0.29, 0.717) is 6.42 Å². The first-order valence-corrected chi connectivity index (χ1v) is 6.71. The van der Waals surface area contributed by atoms with E-state index in [-0.39, 0.29) is 12.5 Å². The number of thiophene rings is 1. The second-order valence-electron chi connectivity index (χ2n) is 4.05. The molecule has 1 nitrogen and oxygen atoms in total. The van der Waals surface area contributed by atoms with Crippen molar-refractivity contribution >= 4 is 11.3 Å². The fourth-order valence-corrected chi connectivity index (χ4v) is 2.57. The fraction of sp³-hybridized carbons (Fsp3) is 0.667. The Morgan fingerprint density at radius 1 is 1.41 bits per heavy atom. The molecule has 0 saturated heterocycles. The summed E-state index contributed by atoms with van der Waals surface area (Å²) in [5.74, 6) is 0. The molecule has 1 unspecified atom stereocenters. The summed E-state index contributed by atoms with van der Waals surface area (Å²) in [6.07, 6.45) is -3.11. The third-order valence-electron chi connectivity index (χ3n) is 2.53. The number of halogens is 3. The van der Waals surface area contributed by atoms with Gasteiger partial charge in [-0.3, -0.25) is 0 Å². The Labute approximate surface area is 104 Å². The van der Waals surface area contributed by atoms with Gasteiger partial charge in [0.25, 0.3) is 0 Å². The Morgan fingerprint density at radius 3 is 2.71 bits per heavy atom. The number of hydrogen-bond acceptors (Lipinski definition) is 2. The van der Waals surface area contributed by atoms with Gasteiger partial charge >= 0.3 is 6.18 Å². The summed E-state index contributed by atoms with van der Waals surface area (Å²) in [6, 6.07) is 4.15.